The van der Waals surface area contributed by atoms with Gasteiger partial charge in [0.1, 0.15) is 17.3 Å². The van der Waals surface area contributed by atoms with Gasteiger partial charge in [-0.25, -0.2) is 4.39 Å². The van der Waals surface area contributed by atoms with Gasteiger partial charge < -0.3 is 24.3 Å². The molecule has 1 saturated heterocycles. The number of Topliss-reactive ketones (excluding diaryl/α,β-unsaturated/α-hetero) is 1. The van der Waals surface area contributed by atoms with E-state index in [1.807, 2.05) is 0 Å². The number of aryl methyl sites for hydroxylation is 1. The second kappa shape index (κ2) is 8.82. The summed E-state index contributed by atoms with van der Waals surface area (Å²) in [7, 11) is 0. The number of phenolic OH excluding ortho intramolecular Hbond substituents is 1. The number of hydrogen-bond donors (Lipinski definition) is 2. The third kappa shape index (κ3) is 4.07. The van der Waals surface area contributed by atoms with E-state index < -0.39 is 29.3 Å². The van der Waals surface area contributed by atoms with Crippen LogP contribution in [-0.4, -0.2) is 33.4 Å². The average molecular weight is 451 g/mol. The van der Waals surface area contributed by atoms with E-state index in [0.717, 1.165) is 6.07 Å². The molecular formula is C25H22FNO6. The molecule has 1 amide bonds. The predicted octanol–water partition coefficient (Wildman–Crippen LogP) is 4.45. The van der Waals surface area contributed by atoms with Crippen LogP contribution in [0.2, 0.25) is 0 Å². The van der Waals surface area contributed by atoms with Gasteiger partial charge in [-0.1, -0.05) is 18.2 Å². The summed E-state index contributed by atoms with van der Waals surface area (Å²) in [5, 5.41) is 21.1. The van der Waals surface area contributed by atoms with Crippen molar-refractivity contribution in [2.24, 2.45) is 0 Å². The molecular weight excluding hydrogens is 429 g/mol. The van der Waals surface area contributed by atoms with Crippen LogP contribution in [0.15, 0.2) is 64.8 Å². The molecule has 1 aliphatic heterocycles. The lowest BCUT2D eigenvalue weighted by Gasteiger charge is -2.25. The maximum absolute atomic E-state index is 14.2. The molecule has 4 rings (SSSR count). The maximum atomic E-state index is 14.2. The van der Waals surface area contributed by atoms with E-state index in [1.54, 1.807) is 26.0 Å². The standard InChI is InChI=1S/C25H22FNO6/c1-3-32-20-12-15(8-9-19(20)28)22-21(23(29)16-7-6-14(2)18(26)11-16)24(30)25(31)27(22)13-17-5-4-10-33-17/h4-12,22,28-29H,3,13H2,1-2H3/t22-/m1/s1. The summed E-state index contributed by atoms with van der Waals surface area (Å²) in [6.07, 6.45) is 1.45. The predicted molar refractivity (Wildman–Crippen MR) is 117 cm³/mol. The lowest BCUT2D eigenvalue weighted by atomic mass is 9.94. The normalized spacial score (nSPS) is 17.5. The van der Waals surface area contributed by atoms with Crippen molar-refractivity contribution in [2.45, 2.75) is 26.4 Å². The Morgan fingerprint density at radius 1 is 1.18 bits per heavy atom. The van der Waals surface area contributed by atoms with Crippen LogP contribution in [0, 0.1) is 12.7 Å². The van der Waals surface area contributed by atoms with Gasteiger partial charge in [-0.3, -0.25) is 9.59 Å². The summed E-state index contributed by atoms with van der Waals surface area (Å²) >= 11 is 0. The molecule has 170 valence electrons. The number of furan rings is 1. The number of carbonyl (C=O) groups is 2. The number of phenols is 1. The molecule has 2 aromatic carbocycles. The molecule has 0 saturated carbocycles. The number of aromatic hydroxyl groups is 1. The fourth-order valence-electron chi connectivity index (χ4n) is 3.83. The topological polar surface area (TPSA) is 100 Å². The summed E-state index contributed by atoms with van der Waals surface area (Å²) in [6.45, 7) is 3.58. The number of aliphatic hydroxyl groups excluding tert-OH is 1. The van der Waals surface area contributed by atoms with E-state index in [0.29, 0.717) is 16.9 Å². The number of likely N-dealkylation sites (tertiary alicyclic amines) is 1. The molecule has 33 heavy (non-hydrogen) atoms. The van der Waals surface area contributed by atoms with Crippen molar-refractivity contribution in [3.05, 3.63) is 88.6 Å². The van der Waals surface area contributed by atoms with Gasteiger partial charge in [0.25, 0.3) is 11.7 Å². The minimum atomic E-state index is -1.01. The second-order valence-corrected chi connectivity index (χ2v) is 7.63. The van der Waals surface area contributed by atoms with E-state index in [-0.39, 0.29) is 35.8 Å². The van der Waals surface area contributed by atoms with E-state index >= 15 is 0 Å². The van der Waals surface area contributed by atoms with Gasteiger partial charge in [-0.05, 0) is 55.3 Å². The zero-order valence-electron chi connectivity index (χ0n) is 18.0. The number of halogens is 1. The molecule has 0 aliphatic carbocycles. The van der Waals surface area contributed by atoms with Gasteiger partial charge in [0.2, 0.25) is 0 Å². The first-order valence-electron chi connectivity index (χ1n) is 10.3. The average Bonchev–Trinajstić information content (AvgIpc) is 3.39. The molecule has 0 unspecified atom stereocenters. The van der Waals surface area contributed by atoms with E-state index in [2.05, 4.69) is 0 Å². The fourth-order valence-corrected chi connectivity index (χ4v) is 3.83. The molecule has 3 aromatic rings. The number of ketones is 1. The zero-order valence-corrected chi connectivity index (χ0v) is 18.0. The van der Waals surface area contributed by atoms with E-state index in [9.17, 15) is 24.2 Å². The molecule has 2 N–H and O–H groups in total. The number of rotatable bonds is 6. The van der Waals surface area contributed by atoms with Crippen molar-refractivity contribution in [2.75, 3.05) is 6.61 Å². The first kappa shape index (κ1) is 22.1. The van der Waals surface area contributed by atoms with Gasteiger partial charge in [0.05, 0.1) is 31.0 Å². The van der Waals surface area contributed by atoms with Crippen LogP contribution < -0.4 is 4.74 Å². The van der Waals surface area contributed by atoms with Crippen LogP contribution in [0.25, 0.3) is 5.76 Å². The molecule has 0 spiro atoms. The highest BCUT2D eigenvalue weighted by molar-refractivity contribution is 6.46. The second-order valence-electron chi connectivity index (χ2n) is 7.63. The molecule has 1 aliphatic rings. The highest BCUT2D eigenvalue weighted by atomic mass is 19.1. The third-order valence-corrected chi connectivity index (χ3v) is 5.49. The summed E-state index contributed by atoms with van der Waals surface area (Å²) in [6, 6.07) is 10.8. The maximum Gasteiger partial charge on any atom is 0.296 e. The number of carbonyl (C=O) groups excluding carboxylic acids is 2. The first-order valence-corrected chi connectivity index (χ1v) is 10.3. The fraction of sp³-hybridized carbons (Fsp3) is 0.200. The Balaban J connectivity index is 1.90. The summed E-state index contributed by atoms with van der Waals surface area (Å²) in [4.78, 5) is 27.3. The van der Waals surface area contributed by atoms with Gasteiger partial charge in [0, 0.05) is 5.56 Å². The molecule has 1 fully saturated rings. The molecule has 0 radical (unpaired) electrons. The van der Waals surface area contributed by atoms with Crippen LogP contribution in [-0.2, 0) is 16.1 Å². The van der Waals surface area contributed by atoms with Crippen molar-refractivity contribution in [3.63, 3.8) is 0 Å². The lowest BCUT2D eigenvalue weighted by molar-refractivity contribution is -0.140. The van der Waals surface area contributed by atoms with Gasteiger partial charge in [-0.15, -0.1) is 0 Å². The van der Waals surface area contributed by atoms with Crippen molar-refractivity contribution in [1.29, 1.82) is 0 Å². The smallest absolute Gasteiger partial charge is 0.296 e. The number of ether oxygens (including phenoxy) is 1. The first-order chi connectivity index (χ1) is 15.8. The summed E-state index contributed by atoms with van der Waals surface area (Å²) in [5.74, 6) is -2.29. The molecule has 1 atom stereocenters. The van der Waals surface area contributed by atoms with Crippen molar-refractivity contribution < 1.29 is 33.3 Å². The summed E-state index contributed by atoms with van der Waals surface area (Å²) < 4.78 is 25.0. The zero-order chi connectivity index (χ0) is 23.7. The molecule has 2 heterocycles. The van der Waals surface area contributed by atoms with Crippen LogP contribution in [0.5, 0.6) is 11.5 Å². The van der Waals surface area contributed by atoms with Crippen LogP contribution in [0.3, 0.4) is 0 Å². The number of amides is 1. The molecule has 7 nitrogen and oxygen atoms in total. The number of aliphatic hydroxyl groups is 1. The highest BCUT2D eigenvalue weighted by Gasteiger charge is 2.46. The number of benzene rings is 2. The molecule has 1 aromatic heterocycles. The largest absolute Gasteiger partial charge is 0.507 e. The minimum absolute atomic E-state index is 0.0356. The van der Waals surface area contributed by atoms with Gasteiger partial charge in [0.15, 0.2) is 11.5 Å². The SMILES string of the molecule is CCOc1cc([C@@H]2C(=C(O)c3ccc(C)c(F)c3)C(=O)C(=O)N2Cc2ccco2)ccc1O. The Bertz CT molecular complexity index is 1250. The van der Waals surface area contributed by atoms with Crippen molar-refractivity contribution in [1.82, 2.24) is 4.90 Å². The van der Waals surface area contributed by atoms with E-state index in [4.69, 9.17) is 9.15 Å². The van der Waals surface area contributed by atoms with Gasteiger partial charge in [-0.2, -0.15) is 0 Å². The van der Waals surface area contributed by atoms with Crippen molar-refractivity contribution in [3.8, 4) is 11.5 Å². The Kier molecular flexibility index (Phi) is 5.91. The van der Waals surface area contributed by atoms with Crippen molar-refractivity contribution >= 4 is 17.4 Å². The highest BCUT2D eigenvalue weighted by Crippen LogP contribution is 2.42. The Labute approximate surface area is 189 Å². The van der Waals surface area contributed by atoms with Crippen LogP contribution in [0.4, 0.5) is 4.39 Å². The Morgan fingerprint density at radius 3 is 2.64 bits per heavy atom. The third-order valence-electron chi connectivity index (χ3n) is 5.49. The Hall–Kier alpha value is -4.07. The Morgan fingerprint density at radius 2 is 1.97 bits per heavy atom. The van der Waals surface area contributed by atoms with Crippen LogP contribution in [0.1, 0.15) is 35.4 Å². The minimum Gasteiger partial charge on any atom is -0.507 e. The molecule has 8 heteroatoms. The number of hydrogen-bond acceptors (Lipinski definition) is 6. The molecule has 0 bridgehead atoms. The summed E-state index contributed by atoms with van der Waals surface area (Å²) in [5.41, 5.74) is 0.684. The van der Waals surface area contributed by atoms with E-state index in [1.165, 1.54) is 41.5 Å². The lowest BCUT2D eigenvalue weighted by Crippen LogP contribution is -2.29. The quantitative estimate of drug-likeness (QED) is 0.326. The van der Waals surface area contributed by atoms with Gasteiger partial charge >= 0.3 is 0 Å². The van der Waals surface area contributed by atoms with Crippen LogP contribution >= 0.6 is 0 Å². The monoisotopic (exact) mass is 451 g/mol. The number of nitrogens with zero attached hydrogens (tertiary/aromatic N) is 1.